The number of nitrogens with two attached hydrogens (primary N) is 1. The Morgan fingerprint density at radius 1 is 1.23 bits per heavy atom. The number of primary amides is 1. The average molecular weight is 457 g/mol. The van der Waals surface area contributed by atoms with Gasteiger partial charge in [-0.25, -0.2) is 0 Å². The molecule has 0 atom stereocenters. The first kappa shape index (κ1) is 20.8. The second kappa shape index (κ2) is 8.01. The van der Waals surface area contributed by atoms with Gasteiger partial charge in [-0.3, -0.25) is 19.5 Å². The summed E-state index contributed by atoms with van der Waals surface area (Å²) in [6.45, 7) is 0.197. The predicted octanol–water partition coefficient (Wildman–Crippen LogP) is 3.35. The highest BCUT2D eigenvalue weighted by Crippen LogP contribution is 2.37. The molecule has 4 rings (SSSR count). The smallest absolute Gasteiger partial charge is 0.252 e. The van der Waals surface area contributed by atoms with Crippen molar-refractivity contribution in [2.75, 3.05) is 25.6 Å². The van der Waals surface area contributed by atoms with Crippen molar-refractivity contribution in [3.63, 3.8) is 0 Å². The molecule has 0 saturated carbocycles. The van der Waals surface area contributed by atoms with E-state index in [-0.39, 0.29) is 18.0 Å². The fourth-order valence-corrected chi connectivity index (χ4v) is 3.83. The Morgan fingerprint density at radius 2 is 2.00 bits per heavy atom. The predicted molar refractivity (Wildman–Crippen MR) is 121 cm³/mol. The summed E-state index contributed by atoms with van der Waals surface area (Å²) in [5.41, 5.74) is 6.73. The van der Waals surface area contributed by atoms with Gasteiger partial charge < -0.3 is 20.1 Å². The van der Waals surface area contributed by atoms with Crippen LogP contribution in [0.15, 0.2) is 42.6 Å². The van der Waals surface area contributed by atoms with Gasteiger partial charge in [0.25, 0.3) is 11.8 Å². The largest absolute Gasteiger partial charge is 0.496 e. The van der Waals surface area contributed by atoms with Crippen LogP contribution in [0.25, 0.3) is 10.9 Å². The minimum Gasteiger partial charge on any atom is -0.496 e. The number of carbonyl (C=O) groups excluding carboxylic acids is 2. The van der Waals surface area contributed by atoms with Crippen molar-refractivity contribution in [2.24, 2.45) is 5.73 Å². The van der Waals surface area contributed by atoms with Crippen LogP contribution < -0.4 is 20.1 Å². The van der Waals surface area contributed by atoms with Crippen LogP contribution in [0.4, 0.5) is 5.69 Å². The van der Waals surface area contributed by atoms with Crippen molar-refractivity contribution in [1.29, 1.82) is 0 Å². The summed E-state index contributed by atoms with van der Waals surface area (Å²) in [6.07, 6.45) is 1.58. The second-order valence-electron chi connectivity index (χ2n) is 6.83. The molecule has 2 heterocycles. The zero-order chi connectivity index (χ0) is 22.3. The molecule has 1 saturated heterocycles. The van der Waals surface area contributed by atoms with Crippen molar-refractivity contribution in [3.8, 4) is 17.2 Å². The third-order valence-electron chi connectivity index (χ3n) is 4.82. The van der Waals surface area contributed by atoms with E-state index in [0.29, 0.717) is 44.0 Å². The maximum absolute atomic E-state index is 12.3. The Morgan fingerprint density at radius 3 is 2.61 bits per heavy atom. The highest BCUT2D eigenvalue weighted by Gasteiger charge is 2.32. The topological polar surface area (TPSA) is 98.0 Å². The van der Waals surface area contributed by atoms with E-state index < -0.39 is 5.91 Å². The third-order valence-corrected chi connectivity index (χ3v) is 5.61. The van der Waals surface area contributed by atoms with Crippen LogP contribution in [0.3, 0.4) is 0 Å². The average Bonchev–Trinajstić information content (AvgIpc) is 2.99. The zero-order valence-corrected chi connectivity index (χ0v) is 18.2. The molecule has 1 aliphatic heterocycles. The molecule has 2 N–H and O–H groups in total. The van der Waals surface area contributed by atoms with Gasteiger partial charge in [-0.2, -0.15) is 0 Å². The number of thiocarbonyl (C=S) groups is 1. The fraction of sp³-hybridized carbons (Fsp3) is 0.143. The molecule has 31 heavy (non-hydrogen) atoms. The van der Waals surface area contributed by atoms with Gasteiger partial charge in [0.2, 0.25) is 0 Å². The zero-order valence-electron chi connectivity index (χ0n) is 16.6. The number of hydrogen-bond donors (Lipinski definition) is 1. The Bertz CT molecular complexity index is 1250. The molecule has 3 aromatic rings. The lowest BCUT2D eigenvalue weighted by atomic mass is 10.1. The van der Waals surface area contributed by atoms with Gasteiger partial charge in [-0.1, -0.05) is 11.6 Å². The number of amides is 2. The number of methoxy groups -OCH3 is 1. The number of ether oxygens (including phenoxy) is 2. The molecule has 1 fully saturated rings. The summed E-state index contributed by atoms with van der Waals surface area (Å²) in [5, 5.41) is 1.27. The fourth-order valence-electron chi connectivity index (χ4n) is 3.31. The summed E-state index contributed by atoms with van der Waals surface area (Å²) in [4.78, 5) is 31.4. The molecule has 0 unspecified atom stereocenters. The van der Waals surface area contributed by atoms with Gasteiger partial charge in [0.15, 0.2) is 5.11 Å². The van der Waals surface area contributed by atoms with Crippen LogP contribution in [-0.2, 0) is 4.79 Å². The molecule has 1 aromatic heterocycles. The van der Waals surface area contributed by atoms with E-state index in [1.165, 1.54) is 12.0 Å². The lowest BCUT2D eigenvalue weighted by Crippen LogP contribution is -2.31. The number of rotatable bonds is 5. The Kier molecular flexibility index (Phi) is 5.38. The van der Waals surface area contributed by atoms with Gasteiger partial charge in [-0.15, -0.1) is 0 Å². The van der Waals surface area contributed by atoms with Gasteiger partial charge in [0, 0.05) is 30.8 Å². The number of aromatic nitrogens is 1. The Balaban J connectivity index is 1.71. The van der Waals surface area contributed by atoms with Gasteiger partial charge in [-0.05, 0) is 36.5 Å². The quantitative estimate of drug-likeness (QED) is 0.588. The van der Waals surface area contributed by atoms with Crippen LogP contribution in [0.2, 0.25) is 5.02 Å². The number of carbonyl (C=O) groups is 2. The summed E-state index contributed by atoms with van der Waals surface area (Å²) in [6, 6.07) is 9.80. The first-order valence-electron chi connectivity index (χ1n) is 9.12. The normalized spacial score (nSPS) is 13.8. The number of pyridine rings is 1. The van der Waals surface area contributed by atoms with E-state index >= 15 is 0 Å². The van der Waals surface area contributed by atoms with Gasteiger partial charge in [0.05, 0.1) is 35.4 Å². The molecule has 2 aromatic carbocycles. The first-order chi connectivity index (χ1) is 14.8. The highest BCUT2D eigenvalue weighted by atomic mass is 35.5. The molecule has 0 spiro atoms. The second-order valence-corrected chi connectivity index (χ2v) is 7.60. The lowest BCUT2D eigenvalue weighted by Gasteiger charge is -2.19. The lowest BCUT2D eigenvalue weighted by molar-refractivity contribution is -0.116. The summed E-state index contributed by atoms with van der Waals surface area (Å²) in [7, 11) is 3.20. The summed E-state index contributed by atoms with van der Waals surface area (Å²) in [5.74, 6) is 0.427. The van der Waals surface area contributed by atoms with Gasteiger partial charge >= 0.3 is 0 Å². The van der Waals surface area contributed by atoms with E-state index in [4.69, 9.17) is 39.0 Å². The number of nitrogens with zero attached hydrogens (tertiary/aromatic N) is 3. The number of hydrogen-bond acceptors (Lipinski definition) is 6. The maximum atomic E-state index is 12.3. The minimum absolute atomic E-state index is 0.156. The minimum atomic E-state index is -0.628. The Labute approximate surface area is 188 Å². The third kappa shape index (κ3) is 3.73. The number of halogens is 1. The molecular formula is C21H17ClN4O4S. The maximum Gasteiger partial charge on any atom is 0.252 e. The number of fused-ring (bicyclic) bond motifs is 1. The number of anilines is 1. The number of benzene rings is 2. The van der Waals surface area contributed by atoms with Gasteiger partial charge in [0.1, 0.15) is 17.2 Å². The molecule has 158 valence electrons. The van der Waals surface area contributed by atoms with E-state index in [9.17, 15) is 9.59 Å². The van der Waals surface area contributed by atoms with Crippen LogP contribution in [0.1, 0.15) is 10.4 Å². The Hall–Kier alpha value is -3.43. The van der Waals surface area contributed by atoms with Crippen LogP contribution in [0.5, 0.6) is 17.2 Å². The number of likely N-dealkylation sites (N-methyl/N-ethyl adjacent to an activating group) is 1. The summed E-state index contributed by atoms with van der Waals surface area (Å²) < 4.78 is 11.2. The van der Waals surface area contributed by atoms with Crippen molar-refractivity contribution in [2.45, 2.75) is 0 Å². The monoisotopic (exact) mass is 456 g/mol. The van der Waals surface area contributed by atoms with Crippen molar-refractivity contribution >= 4 is 57.3 Å². The van der Waals surface area contributed by atoms with E-state index in [2.05, 4.69) is 4.98 Å². The molecule has 1 aliphatic rings. The molecule has 10 heteroatoms. The summed E-state index contributed by atoms with van der Waals surface area (Å²) >= 11 is 11.7. The molecule has 0 bridgehead atoms. The van der Waals surface area contributed by atoms with Crippen LogP contribution >= 0.6 is 23.8 Å². The molecule has 0 aliphatic carbocycles. The van der Waals surface area contributed by atoms with Crippen LogP contribution in [-0.4, -0.2) is 47.5 Å². The van der Waals surface area contributed by atoms with Crippen LogP contribution in [0, 0.1) is 0 Å². The molecule has 8 nitrogen and oxygen atoms in total. The van der Waals surface area contributed by atoms with Crippen molar-refractivity contribution < 1.29 is 19.1 Å². The molecular weight excluding hydrogens is 440 g/mol. The molecule has 2 amide bonds. The van der Waals surface area contributed by atoms with Crippen molar-refractivity contribution in [1.82, 2.24) is 9.88 Å². The standard InChI is InChI=1S/C21H17ClN4O4S/c1-25-10-19(27)26(21(25)31)16-4-3-11(7-14(16)22)30-17-5-6-24-15-9-18(29-2)13(20(23)28)8-12(15)17/h3-9H,10H2,1-2H3,(H2,23,28). The van der Waals surface area contributed by atoms with E-state index in [1.807, 2.05) is 0 Å². The highest BCUT2D eigenvalue weighted by molar-refractivity contribution is 7.80. The van der Waals surface area contributed by atoms with E-state index in [0.717, 1.165) is 0 Å². The van der Waals surface area contributed by atoms with Crippen molar-refractivity contribution in [3.05, 3.63) is 53.2 Å². The van der Waals surface area contributed by atoms with E-state index in [1.54, 1.807) is 54.5 Å². The molecule has 0 radical (unpaired) electrons. The first-order valence-corrected chi connectivity index (χ1v) is 9.90. The SMILES string of the molecule is COc1cc2nccc(Oc3ccc(N4C(=O)CN(C)C4=S)c(Cl)c3)c2cc1C(N)=O.